The maximum atomic E-state index is 14.4. The molecule has 14 nitrogen and oxygen atoms in total. The Kier molecular flexibility index (Phi) is 22.1. The van der Waals surface area contributed by atoms with Crippen LogP contribution in [0.1, 0.15) is 132 Å². The molecule has 3 heterocycles. The first kappa shape index (κ1) is 55.2. The Hall–Kier alpha value is -3.37. The van der Waals surface area contributed by atoms with E-state index in [-0.39, 0.29) is 86.5 Å². The summed E-state index contributed by atoms with van der Waals surface area (Å²) in [6, 6.07) is -1.13. The molecule has 66 heavy (non-hydrogen) atoms. The Balaban J connectivity index is 1.66. The smallest absolute Gasteiger partial charge is 0.329 e. The molecule has 1 amide bonds. The number of ketones is 3. The van der Waals surface area contributed by atoms with Crippen LogP contribution in [-0.2, 0) is 47.7 Å². The quantitative estimate of drug-likeness (QED) is 0.135. The Morgan fingerprint density at radius 3 is 2.29 bits per heavy atom. The summed E-state index contributed by atoms with van der Waals surface area (Å²) < 4.78 is 29.9. The van der Waals surface area contributed by atoms with E-state index in [0.29, 0.717) is 63.4 Å². The van der Waals surface area contributed by atoms with Crippen LogP contribution in [0.25, 0.3) is 0 Å². The van der Waals surface area contributed by atoms with Crippen LogP contribution in [0, 0.1) is 35.5 Å². The maximum absolute atomic E-state index is 14.4. The Morgan fingerprint density at radius 2 is 1.59 bits per heavy atom. The highest BCUT2D eigenvalue weighted by Gasteiger charge is 2.53. The number of nitrogens with zero attached hydrogens (tertiary/aromatic N) is 1. The van der Waals surface area contributed by atoms with Gasteiger partial charge in [-0.15, -0.1) is 0 Å². The first-order valence-corrected chi connectivity index (χ1v) is 24.5. The van der Waals surface area contributed by atoms with Gasteiger partial charge in [-0.2, -0.15) is 0 Å². The molecule has 3 fully saturated rings. The van der Waals surface area contributed by atoms with Gasteiger partial charge in [-0.05, 0) is 107 Å². The highest BCUT2D eigenvalue weighted by atomic mass is 16.6. The summed E-state index contributed by atoms with van der Waals surface area (Å²) in [5.74, 6) is -7.37. The summed E-state index contributed by atoms with van der Waals surface area (Å²) in [6.45, 7) is 13.1. The minimum absolute atomic E-state index is 0.0737. The SMILES string of the molecule is CO[C@H]1C[C@@H]2CC[C@@H](C)[C@@](O)(O2)C(=O)C(=O)N2CCCC[C@H]2C(=O)O[C@H](C(C)C[C@@H]2CC[C@@H](OCCO)[C@H](OC)C2)CC(=O)[C@H](C)/C=C(\C)[C@@H](O)CC(=O)[C@H](C)C[C@H](C)/C=C/C=C/C=C/1C. The van der Waals surface area contributed by atoms with Gasteiger partial charge >= 0.3 is 5.97 Å². The third kappa shape index (κ3) is 15.3. The van der Waals surface area contributed by atoms with Crippen molar-refractivity contribution in [3.63, 3.8) is 0 Å². The number of carbonyl (C=O) groups excluding carboxylic acids is 5. The van der Waals surface area contributed by atoms with Gasteiger partial charge in [0.15, 0.2) is 0 Å². The molecule has 2 saturated heterocycles. The van der Waals surface area contributed by atoms with Crippen molar-refractivity contribution in [3.05, 3.63) is 47.6 Å². The highest BCUT2D eigenvalue weighted by Crippen LogP contribution is 2.38. The number of ether oxygens (including phenoxy) is 5. The zero-order valence-electron chi connectivity index (χ0n) is 41.2. The van der Waals surface area contributed by atoms with Crippen LogP contribution in [0.15, 0.2) is 47.6 Å². The molecule has 4 aliphatic rings. The van der Waals surface area contributed by atoms with Crippen LogP contribution in [-0.4, -0.2) is 132 Å². The average Bonchev–Trinajstić information content (AvgIpc) is 3.29. The van der Waals surface area contributed by atoms with E-state index in [9.17, 15) is 39.3 Å². The Bertz CT molecular complexity index is 1760. The van der Waals surface area contributed by atoms with Gasteiger partial charge in [0.1, 0.15) is 23.7 Å². The lowest BCUT2D eigenvalue weighted by Crippen LogP contribution is -2.61. The summed E-state index contributed by atoms with van der Waals surface area (Å²) in [7, 11) is 3.22. The van der Waals surface area contributed by atoms with Gasteiger partial charge < -0.3 is 43.9 Å². The predicted octanol–water partition coefficient (Wildman–Crippen LogP) is 6.57. The molecule has 0 radical (unpaired) electrons. The van der Waals surface area contributed by atoms with Gasteiger partial charge in [0, 0.05) is 57.8 Å². The third-order valence-electron chi connectivity index (χ3n) is 14.6. The summed E-state index contributed by atoms with van der Waals surface area (Å²) in [4.78, 5) is 71.5. The van der Waals surface area contributed by atoms with Crippen molar-refractivity contribution in [1.29, 1.82) is 0 Å². The van der Waals surface area contributed by atoms with Crippen LogP contribution in [0.5, 0.6) is 0 Å². The molecule has 4 rings (SSSR count). The largest absolute Gasteiger partial charge is 0.460 e. The zero-order chi connectivity index (χ0) is 48.7. The number of aliphatic hydroxyl groups is 3. The van der Waals surface area contributed by atoms with Crippen LogP contribution >= 0.6 is 0 Å². The average molecular weight is 928 g/mol. The van der Waals surface area contributed by atoms with E-state index in [1.54, 1.807) is 41.1 Å². The van der Waals surface area contributed by atoms with Crippen LogP contribution in [0.4, 0.5) is 0 Å². The number of piperidine rings is 1. The van der Waals surface area contributed by atoms with E-state index in [0.717, 1.165) is 12.0 Å². The first-order valence-electron chi connectivity index (χ1n) is 24.5. The molecule has 14 atom stereocenters. The van der Waals surface area contributed by atoms with Crippen LogP contribution < -0.4 is 0 Å². The molecule has 1 aliphatic carbocycles. The summed E-state index contributed by atoms with van der Waals surface area (Å²) in [5.41, 5.74) is 1.39. The molecule has 3 aliphatic heterocycles. The van der Waals surface area contributed by atoms with Crippen molar-refractivity contribution in [2.45, 2.75) is 180 Å². The van der Waals surface area contributed by atoms with E-state index in [4.69, 9.17) is 23.7 Å². The van der Waals surface area contributed by atoms with E-state index in [1.165, 1.54) is 4.90 Å². The van der Waals surface area contributed by atoms with E-state index in [2.05, 4.69) is 0 Å². The van der Waals surface area contributed by atoms with Gasteiger partial charge in [0.25, 0.3) is 11.7 Å². The minimum atomic E-state index is -2.42. The molecule has 0 aromatic carbocycles. The van der Waals surface area contributed by atoms with Crippen molar-refractivity contribution in [3.8, 4) is 0 Å². The second-order valence-electron chi connectivity index (χ2n) is 19.8. The molecule has 3 N–H and O–H groups in total. The molecular formula is C52H81NO13. The van der Waals surface area contributed by atoms with Crippen molar-refractivity contribution in [1.82, 2.24) is 4.90 Å². The monoisotopic (exact) mass is 928 g/mol. The van der Waals surface area contributed by atoms with E-state index < -0.39 is 65.7 Å². The lowest BCUT2D eigenvalue weighted by atomic mass is 9.78. The second kappa shape index (κ2) is 26.4. The maximum Gasteiger partial charge on any atom is 0.329 e. The Labute approximate surface area is 393 Å². The second-order valence-corrected chi connectivity index (χ2v) is 19.8. The molecule has 0 aromatic rings. The van der Waals surface area contributed by atoms with Crippen LogP contribution in [0.2, 0.25) is 0 Å². The molecule has 1 saturated carbocycles. The van der Waals surface area contributed by atoms with Gasteiger partial charge in [0.2, 0.25) is 5.79 Å². The van der Waals surface area contributed by atoms with Crippen molar-refractivity contribution >= 4 is 29.2 Å². The number of methoxy groups -OCH3 is 2. The Morgan fingerprint density at radius 1 is 0.848 bits per heavy atom. The number of aliphatic hydroxyl groups excluding tert-OH is 2. The number of hydrogen-bond donors (Lipinski definition) is 3. The molecule has 2 bridgehead atoms. The topological polar surface area (TPSA) is 195 Å². The molecule has 372 valence electrons. The third-order valence-corrected chi connectivity index (χ3v) is 14.6. The standard InChI is InChI=1S/C52H81NO13/c1-32-15-11-10-12-16-33(2)46(62-8)29-40-20-18-38(7)52(61,66-40)49(58)50(59)53-22-14-13-17-41(53)51(60)65-47(37(6)27-39-19-21-45(64-24-23-54)48(28-39)63-9)31-44(57)36(5)26-35(4)43(56)30-42(55)34(3)25-32/h10-12,15-16,26,32,34,36-41,43,45-48,54,56,61H,13-14,17-25,27-31H2,1-9H3/b12-10+,15-11+,33-16+,35-26+/t32-,34-,36-,37?,38-,39+,40+,41+,43+,45-,46+,47+,48-,52-/m1/s1. The fourth-order valence-electron chi connectivity index (χ4n) is 10.2. The van der Waals surface area contributed by atoms with Crippen molar-refractivity contribution < 1.29 is 63.0 Å². The number of cyclic esters (lactones) is 1. The fraction of sp³-hybridized carbons (Fsp3) is 0.750. The number of rotatable bonds is 8. The van der Waals surface area contributed by atoms with Gasteiger partial charge in [-0.25, -0.2) is 4.79 Å². The first-order chi connectivity index (χ1) is 31.3. The van der Waals surface area contributed by atoms with Gasteiger partial charge in [-0.3, -0.25) is 19.2 Å². The minimum Gasteiger partial charge on any atom is -0.460 e. The summed E-state index contributed by atoms with van der Waals surface area (Å²) in [5, 5.41) is 32.4. The van der Waals surface area contributed by atoms with Gasteiger partial charge in [-0.1, -0.05) is 71.1 Å². The number of fused-ring (bicyclic) bond motifs is 3. The highest BCUT2D eigenvalue weighted by molar-refractivity contribution is 6.39. The molecular weight excluding hydrogens is 847 g/mol. The number of esters is 1. The van der Waals surface area contributed by atoms with Gasteiger partial charge in [0.05, 0.1) is 43.7 Å². The number of Topliss-reactive ketones (excluding diaryl/α,β-unsaturated/α-hetero) is 3. The number of amides is 1. The van der Waals surface area contributed by atoms with Crippen molar-refractivity contribution in [2.75, 3.05) is 34.0 Å². The van der Waals surface area contributed by atoms with E-state index in [1.807, 2.05) is 58.1 Å². The lowest BCUT2D eigenvalue weighted by Gasteiger charge is -2.42. The van der Waals surface area contributed by atoms with Crippen molar-refractivity contribution in [2.24, 2.45) is 35.5 Å². The molecule has 1 unspecified atom stereocenters. The molecule has 14 heteroatoms. The zero-order valence-corrected chi connectivity index (χ0v) is 41.2. The number of hydrogen-bond acceptors (Lipinski definition) is 13. The fourth-order valence-corrected chi connectivity index (χ4v) is 10.2. The molecule has 0 aromatic heterocycles. The predicted molar refractivity (Wildman–Crippen MR) is 250 cm³/mol. The molecule has 0 spiro atoms. The summed E-state index contributed by atoms with van der Waals surface area (Å²) in [6.07, 6.45) is 13.8. The number of allylic oxidation sites excluding steroid dienone is 6. The van der Waals surface area contributed by atoms with E-state index >= 15 is 0 Å². The number of carbonyl (C=O) groups is 5. The lowest BCUT2D eigenvalue weighted by molar-refractivity contribution is -0.265. The summed E-state index contributed by atoms with van der Waals surface area (Å²) >= 11 is 0. The normalized spacial score (nSPS) is 38.8. The van der Waals surface area contributed by atoms with Crippen LogP contribution in [0.3, 0.4) is 0 Å².